The fraction of sp³-hybridized carbons (Fsp3) is 0.0476. The van der Waals surface area contributed by atoms with Crippen LogP contribution >= 0.6 is 15.9 Å². The van der Waals surface area contributed by atoms with Crippen molar-refractivity contribution in [3.63, 3.8) is 0 Å². The second-order valence-corrected chi connectivity index (χ2v) is 6.82. The predicted molar refractivity (Wildman–Crippen MR) is 109 cm³/mol. The molecule has 0 saturated carbocycles. The summed E-state index contributed by atoms with van der Waals surface area (Å²) < 4.78 is 2.58. The summed E-state index contributed by atoms with van der Waals surface area (Å²) in [5.74, 6) is 0.528. The number of benzene rings is 3. The zero-order valence-corrected chi connectivity index (χ0v) is 15.5. The minimum Gasteiger partial charge on any atom is -0.351 e. The number of fused-ring (bicyclic) bond motifs is 1. The third-order valence-electron chi connectivity index (χ3n) is 4.15. The minimum absolute atomic E-state index is 0.0894. The van der Waals surface area contributed by atoms with Gasteiger partial charge in [-0.3, -0.25) is 4.79 Å². The predicted octanol–water partition coefficient (Wildman–Crippen LogP) is 4.76. The Morgan fingerprint density at radius 3 is 2.35 bits per heavy atom. The topological polar surface area (TPSA) is 46.9 Å². The fourth-order valence-electron chi connectivity index (χ4n) is 2.86. The number of aromatic nitrogens is 2. The largest absolute Gasteiger partial charge is 0.351 e. The van der Waals surface area contributed by atoms with E-state index in [1.54, 1.807) is 10.6 Å². The SMILES string of the molecule is O=c1c2ccccc2nc(NCc2ccccc2)n1-c1ccc(Br)cc1. The lowest BCUT2D eigenvalue weighted by atomic mass is 10.2. The van der Waals surface area contributed by atoms with Gasteiger partial charge < -0.3 is 5.32 Å². The van der Waals surface area contributed by atoms with Crippen molar-refractivity contribution in [2.45, 2.75) is 6.54 Å². The molecule has 26 heavy (non-hydrogen) atoms. The molecule has 0 aliphatic heterocycles. The average molecular weight is 406 g/mol. The molecule has 0 bridgehead atoms. The zero-order valence-electron chi connectivity index (χ0n) is 13.9. The molecule has 0 atom stereocenters. The Morgan fingerprint density at radius 2 is 1.58 bits per heavy atom. The zero-order chi connectivity index (χ0) is 17.9. The highest BCUT2D eigenvalue weighted by Crippen LogP contribution is 2.19. The molecule has 4 aromatic rings. The second kappa shape index (κ2) is 7.14. The summed E-state index contributed by atoms with van der Waals surface area (Å²) in [7, 11) is 0. The van der Waals surface area contributed by atoms with Crippen LogP contribution in [0.4, 0.5) is 5.95 Å². The Morgan fingerprint density at radius 1 is 0.885 bits per heavy atom. The van der Waals surface area contributed by atoms with Crippen LogP contribution in [0.5, 0.6) is 0 Å². The van der Waals surface area contributed by atoms with Crippen LogP contribution in [-0.2, 0) is 6.54 Å². The first-order chi connectivity index (χ1) is 12.7. The molecule has 1 N–H and O–H groups in total. The van der Waals surface area contributed by atoms with E-state index < -0.39 is 0 Å². The molecule has 0 amide bonds. The molecular weight excluding hydrogens is 390 g/mol. The fourth-order valence-corrected chi connectivity index (χ4v) is 3.12. The van der Waals surface area contributed by atoms with Crippen molar-refractivity contribution in [2.75, 3.05) is 5.32 Å². The van der Waals surface area contributed by atoms with Crippen molar-refractivity contribution in [2.24, 2.45) is 0 Å². The van der Waals surface area contributed by atoms with E-state index in [0.717, 1.165) is 15.7 Å². The lowest BCUT2D eigenvalue weighted by Crippen LogP contribution is -2.23. The van der Waals surface area contributed by atoms with Gasteiger partial charge in [0.2, 0.25) is 5.95 Å². The van der Waals surface area contributed by atoms with Gasteiger partial charge in [-0.25, -0.2) is 9.55 Å². The number of rotatable bonds is 4. The summed E-state index contributed by atoms with van der Waals surface area (Å²) in [6.45, 7) is 0.585. The number of para-hydroxylation sites is 1. The van der Waals surface area contributed by atoms with Gasteiger partial charge in [0.25, 0.3) is 5.56 Å². The van der Waals surface area contributed by atoms with Gasteiger partial charge in [-0.15, -0.1) is 0 Å². The maximum atomic E-state index is 13.1. The van der Waals surface area contributed by atoms with Gasteiger partial charge in [0.15, 0.2) is 0 Å². The monoisotopic (exact) mass is 405 g/mol. The highest BCUT2D eigenvalue weighted by Gasteiger charge is 2.12. The van der Waals surface area contributed by atoms with Crippen LogP contribution in [-0.4, -0.2) is 9.55 Å². The Bertz CT molecular complexity index is 1110. The van der Waals surface area contributed by atoms with Gasteiger partial charge in [0, 0.05) is 11.0 Å². The van der Waals surface area contributed by atoms with Gasteiger partial charge in [-0.2, -0.15) is 0 Å². The number of nitrogens with one attached hydrogen (secondary N) is 1. The van der Waals surface area contributed by atoms with Crippen molar-refractivity contribution >= 4 is 32.8 Å². The molecule has 5 heteroatoms. The Balaban J connectivity index is 1.85. The molecule has 0 unspecified atom stereocenters. The number of hydrogen-bond acceptors (Lipinski definition) is 3. The number of nitrogens with zero attached hydrogens (tertiary/aromatic N) is 2. The third-order valence-corrected chi connectivity index (χ3v) is 4.68. The number of halogens is 1. The molecule has 0 saturated heterocycles. The van der Waals surface area contributed by atoms with Crippen LogP contribution in [0.2, 0.25) is 0 Å². The molecule has 3 aromatic carbocycles. The van der Waals surface area contributed by atoms with E-state index in [9.17, 15) is 4.79 Å². The van der Waals surface area contributed by atoms with E-state index >= 15 is 0 Å². The van der Waals surface area contributed by atoms with E-state index in [2.05, 4.69) is 21.2 Å². The highest BCUT2D eigenvalue weighted by molar-refractivity contribution is 9.10. The van der Waals surface area contributed by atoms with Crippen molar-refractivity contribution < 1.29 is 0 Å². The van der Waals surface area contributed by atoms with Crippen molar-refractivity contribution in [1.29, 1.82) is 0 Å². The van der Waals surface area contributed by atoms with E-state index in [1.165, 1.54) is 0 Å². The molecule has 0 aliphatic rings. The lowest BCUT2D eigenvalue weighted by molar-refractivity contribution is 0.938. The smallest absolute Gasteiger partial charge is 0.267 e. The minimum atomic E-state index is -0.0894. The molecular formula is C21H16BrN3O. The molecule has 1 aromatic heterocycles. The second-order valence-electron chi connectivity index (χ2n) is 5.91. The van der Waals surface area contributed by atoms with E-state index in [4.69, 9.17) is 4.98 Å². The maximum Gasteiger partial charge on any atom is 0.267 e. The standard InChI is InChI=1S/C21H16BrN3O/c22-16-10-12-17(13-11-16)25-20(26)18-8-4-5-9-19(18)24-21(25)23-14-15-6-2-1-3-7-15/h1-13H,14H2,(H,23,24). The Labute approximate surface area is 159 Å². The highest BCUT2D eigenvalue weighted by atomic mass is 79.9. The average Bonchev–Trinajstić information content (AvgIpc) is 2.68. The normalized spacial score (nSPS) is 10.8. The molecule has 128 valence electrons. The summed E-state index contributed by atoms with van der Waals surface area (Å²) in [6, 6.07) is 25.1. The van der Waals surface area contributed by atoms with Crippen LogP contribution < -0.4 is 10.9 Å². The summed E-state index contributed by atoms with van der Waals surface area (Å²) in [5, 5.41) is 3.91. The molecule has 0 fully saturated rings. The summed E-state index contributed by atoms with van der Waals surface area (Å²) >= 11 is 3.44. The molecule has 1 heterocycles. The molecule has 0 radical (unpaired) electrons. The van der Waals surface area contributed by atoms with Crippen LogP contribution in [0.3, 0.4) is 0 Å². The number of hydrogen-bond donors (Lipinski definition) is 1. The Hall–Kier alpha value is -2.92. The quantitative estimate of drug-likeness (QED) is 0.532. The van der Waals surface area contributed by atoms with E-state index in [-0.39, 0.29) is 5.56 Å². The summed E-state index contributed by atoms with van der Waals surface area (Å²) in [4.78, 5) is 17.8. The van der Waals surface area contributed by atoms with Crippen LogP contribution in [0.1, 0.15) is 5.56 Å². The van der Waals surface area contributed by atoms with E-state index in [1.807, 2.05) is 72.8 Å². The first kappa shape index (κ1) is 16.5. The van der Waals surface area contributed by atoms with Gasteiger partial charge >= 0.3 is 0 Å². The van der Waals surface area contributed by atoms with Crippen LogP contribution in [0, 0.1) is 0 Å². The van der Waals surface area contributed by atoms with Gasteiger partial charge in [-0.1, -0.05) is 58.4 Å². The van der Waals surface area contributed by atoms with Crippen LogP contribution in [0.25, 0.3) is 16.6 Å². The Kier molecular flexibility index (Phi) is 4.54. The molecule has 4 rings (SSSR count). The lowest BCUT2D eigenvalue weighted by Gasteiger charge is -2.15. The van der Waals surface area contributed by atoms with Crippen molar-refractivity contribution in [3.8, 4) is 5.69 Å². The molecule has 0 spiro atoms. The maximum absolute atomic E-state index is 13.1. The first-order valence-corrected chi connectivity index (χ1v) is 9.07. The molecule has 0 aliphatic carbocycles. The van der Waals surface area contributed by atoms with Crippen molar-refractivity contribution in [1.82, 2.24) is 9.55 Å². The third kappa shape index (κ3) is 3.26. The number of anilines is 1. The van der Waals surface area contributed by atoms with Gasteiger partial charge in [0.1, 0.15) is 0 Å². The van der Waals surface area contributed by atoms with Gasteiger partial charge in [0.05, 0.1) is 16.6 Å². The first-order valence-electron chi connectivity index (χ1n) is 8.28. The van der Waals surface area contributed by atoms with Gasteiger partial charge in [-0.05, 0) is 42.0 Å². The summed E-state index contributed by atoms with van der Waals surface area (Å²) in [6.07, 6.45) is 0. The summed E-state index contributed by atoms with van der Waals surface area (Å²) in [5.41, 5.74) is 2.49. The van der Waals surface area contributed by atoms with Crippen LogP contribution in [0.15, 0.2) is 88.1 Å². The van der Waals surface area contributed by atoms with E-state index in [0.29, 0.717) is 23.4 Å². The molecule has 4 nitrogen and oxygen atoms in total. The van der Waals surface area contributed by atoms with Crippen molar-refractivity contribution in [3.05, 3.63) is 99.3 Å².